The van der Waals surface area contributed by atoms with E-state index in [4.69, 9.17) is 9.15 Å². The zero-order valence-electron chi connectivity index (χ0n) is 15.6. The lowest BCUT2D eigenvalue weighted by Crippen LogP contribution is -2.15. The monoisotopic (exact) mass is 396 g/mol. The number of hydrogen-bond acceptors (Lipinski definition) is 6. The highest BCUT2D eigenvalue weighted by Gasteiger charge is 2.11. The zero-order chi connectivity index (χ0) is 19.9. The average molecular weight is 396 g/mol. The molecule has 0 spiro atoms. The van der Waals surface area contributed by atoms with E-state index in [0.717, 1.165) is 16.8 Å². The number of amides is 1. The van der Waals surface area contributed by atoms with Crippen LogP contribution in [-0.2, 0) is 15.3 Å². The fraction of sp³-hybridized carbons (Fsp3) is 0.190. The Labute approximate surface area is 167 Å². The molecule has 3 aromatic rings. The fourth-order valence-electron chi connectivity index (χ4n) is 2.52. The van der Waals surface area contributed by atoms with Gasteiger partial charge in [-0.05, 0) is 36.8 Å². The van der Waals surface area contributed by atoms with E-state index in [2.05, 4.69) is 10.3 Å². The summed E-state index contributed by atoms with van der Waals surface area (Å²) >= 11 is 1.44. The summed E-state index contributed by atoms with van der Waals surface area (Å²) in [5, 5.41) is 2.84. The molecule has 3 rings (SSSR count). The number of ether oxygens (including phenoxy) is 1. The number of esters is 1. The Balaban J connectivity index is 1.53. The molecule has 1 amide bonds. The number of benzene rings is 2. The number of thioether (sulfide) groups is 1. The second-order valence-corrected chi connectivity index (χ2v) is 7.06. The van der Waals surface area contributed by atoms with Gasteiger partial charge in [0.15, 0.2) is 0 Å². The van der Waals surface area contributed by atoms with Crippen LogP contribution in [0.4, 0.5) is 5.69 Å². The molecular weight excluding hydrogens is 376 g/mol. The van der Waals surface area contributed by atoms with Crippen LogP contribution < -0.4 is 5.32 Å². The molecule has 0 radical (unpaired) electrons. The molecule has 0 bridgehead atoms. The normalized spacial score (nSPS) is 10.5. The second-order valence-electron chi connectivity index (χ2n) is 6.07. The molecule has 0 fully saturated rings. The Morgan fingerprint density at radius 2 is 1.96 bits per heavy atom. The third-order valence-corrected chi connectivity index (χ3v) is 4.95. The van der Waals surface area contributed by atoms with Crippen molar-refractivity contribution in [1.29, 1.82) is 0 Å². The van der Waals surface area contributed by atoms with E-state index in [0.29, 0.717) is 22.9 Å². The van der Waals surface area contributed by atoms with Gasteiger partial charge in [-0.1, -0.05) is 24.3 Å². The van der Waals surface area contributed by atoms with Crippen molar-refractivity contribution in [3.05, 3.63) is 71.6 Å². The lowest BCUT2D eigenvalue weighted by molar-refractivity contribution is -0.113. The summed E-state index contributed by atoms with van der Waals surface area (Å²) in [6, 6.07) is 14.7. The smallest absolute Gasteiger partial charge is 0.337 e. The number of aromatic nitrogens is 1. The minimum atomic E-state index is -0.440. The summed E-state index contributed by atoms with van der Waals surface area (Å²) in [6.45, 7) is 1.87. The molecule has 0 saturated carbocycles. The van der Waals surface area contributed by atoms with Crippen LogP contribution in [0.25, 0.3) is 11.5 Å². The third-order valence-electron chi connectivity index (χ3n) is 3.99. The van der Waals surface area contributed by atoms with E-state index in [9.17, 15) is 9.59 Å². The van der Waals surface area contributed by atoms with Crippen LogP contribution in [0.5, 0.6) is 0 Å². The van der Waals surface area contributed by atoms with Crippen molar-refractivity contribution in [2.24, 2.45) is 0 Å². The van der Waals surface area contributed by atoms with Crippen LogP contribution >= 0.6 is 11.8 Å². The number of oxazole rings is 1. The molecule has 7 heteroatoms. The summed E-state index contributed by atoms with van der Waals surface area (Å²) in [4.78, 5) is 28.3. The Hall–Kier alpha value is -3.06. The summed E-state index contributed by atoms with van der Waals surface area (Å²) in [6.07, 6.45) is 1.61. The van der Waals surface area contributed by atoms with Crippen molar-refractivity contribution in [2.45, 2.75) is 12.7 Å². The molecule has 0 aliphatic carbocycles. The Kier molecular flexibility index (Phi) is 6.49. The van der Waals surface area contributed by atoms with Gasteiger partial charge in [0.05, 0.1) is 24.1 Å². The zero-order valence-corrected chi connectivity index (χ0v) is 16.4. The highest BCUT2D eigenvalue weighted by Crippen LogP contribution is 2.21. The number of aryl methyl sites for hydroxylation is 1. The summed E-state index contributed by atoms with van der Waals surface area (Å²) in [7, 11) is 1.32. The number of rotatable bonds is 7. The first kappa shape index (κ1) is 19.7. The Morgan fingerprint density at radius 1 is 1.18 bits per heavy atom. The first-order valence-electron chi connectivity index (χ1n) is 8.63. The molecule has 144 valence electrons. The first-order chi connectivity index (χ1) is 13.6. The van der Waals surface area contributed by atoms with Crippen molar-refractivity contribution >= 4 is 29.3 Å². The van der Waals surface area contributed by atoms with Crippen LogP contribution in [0.15, 0.2) is 59.2 Å². The van der Waals surface area contributed by atoms with Gasteiger partial charge >= 0.3 is 5.97 Å². The maximum Gasteiger partial charge on any atom is 0.337 e. The molecule has 1 aromatic heterocycles. The Bertz CT molecular complexity index is 970. The van der Waals surface area contributed by atoms with Crippen molar-refractivity contribution in [2.75, 3.05) is 18.2 Å². The van der Waals surface area contributed by atoms with Gasteiger partial charge < -0.3 is 14.5 Å². The SMILES string of the molecule is COC(=O)c1ccc(C)c(NC(=O)CSCc2coc(-c3ccccc3)n2)c1. The largest absolute Gasteiger partial charge is 0.465 e. The van der Waals surface area contributed by atoms with Crippen LogP contribution in [0.3, 0.4) is 0 Å². The van der Waals surface area contributed by atoms with Gasteiger partial charge in [0.1, 0.15) is 6.26 Å². The molecular formula is C21H20N2O4S. The summed E-state index contributed by atoms with van der Waals surface area (Å²) in [5.74, 6) is 0.795. The third kappa shape index (κ3) is 5.01. The van der Waals surface area contributed by atoms with Gasteiger partial charge in [0, 0.05) is 17.0 Å². The average Bonchev–Trinajstić information content (AvgIpc) is 3.18. The number of carbonyl (C=O) groups is 2. The van der Waals surface area contributed by atoms with Crippen molar-refractivity contribution in [3.8, 4) is 11.5 Å². The maximum atomic E-state index is 12.2. The molecule has 0 saturated heterocycles. The number of methoxy groups -OCH3 is 1. The number of hydrogen-bond donors (Lipinski definition) is 1. The van der Waals surface area contributed by atoms with Crippen molar-refractivity contribution < 1.29 is 18.7 Å². The van der Waals surface area contributed by atoms with E-state index in [-0.39, 0.29) is 11.7 Å². The van der Waals surface area contributed by atoms with Gasteiger partial charge in [0.25, 0.3) is 0 Å². The van der Waals surface area contributed by atoms with Gasteiger partial charge in [-0.25, -0.2) is 9.78 Å². The lowest BCUT2D eigenvalue weighted by atomic mass is 10.1. The van der Waals surface area contributed by atoms with E-state index in [1.165, 1.54) is 18.9 Å². The van der Waals surface area contributed by atoms with Gasteiger partial charge in [-0.2, -0.15) is 0 Å². The molecule has 2 aromatic carbocycles. The van der Waals surface area contributed by atoms with Crippen LogP contribution in [0.2, 0.25) is 0 Å². The molecule has 6 nitrogen and oxygen atoms in total. The van der Waals surface area contributed by atoms with Crippen molar-refractivity contribution in [1.82, 2.24) is 4.98 Å². The quantitative estimate of drug-likeness (QED) is 0.600. The van der Waals surface area contributed by atoms with Crippen LogP contribution in [0, 0.1) is 6.92 Å². The predicted octanol–water partition coefficient (Wildman–Crippen LogP) is 4.31. The first-order valence-corrected chi connectivity index (χ1v) is 9.78. The molecule has 1 heterocycles. The number of nitrogens with zero attached hydrogens (tertiary/aromatic N) is 1. The second kappa shape index (κ2) is 9.23. The van der Waals surface area contributed by atoms with E-state index >= 15 is 0 Å². The molecule has 28 heavy (non-hydrogen) atoms. The standard InChI is InChI=1S/C21H20N2O4S/c1-14-8-9-16(21(25)26-2)10-18(14)23-19(24)13-28-12-17-11-27-20(22-17)15-6-4-3-5-7-15/h3-11H,12-13H2,1-2H3,(H,23,24). The highest BCUT2D eigenvalue weighted by molar-refractivity contribution is 7.99. The number of carbonyl (C=O) groups excluding carboxylic acids is 2. The Morgan fingerprint density at radius 3 is 2.71 bits per heavy atom. The van der Waals surface area contributed by atoms with Gasteiger partial charge in [-0.15, -0.1) is 11.8 Å². The van der Waals surface area contributed by atoms with Crippen LogP contribution in [0.1, 0.15) is 21.6 Å². The fourth-order valence-corrected chi connectivity index (χ4v) is 3.22. The molecule has 0 atom stereocenters. The van der Waals surface area contributed by atoms with E-state index in [1.54, 1.807) is 24.5 Å². The van der Waals surface area contributed by atoms with E-state index in [1.807, 2.05) is 37.3 Å². The molecule has 0 aliphatic heterocycles. The summed E-state index contributed by atoms with van der Waals surface area (Å²) in [5.41, 5.74) is 3.56. The number of anilines is 1. The predicted molar refractivity (Wildman–Crippen MR) is 109 cm³/mol. The minimum Gasteiger partial charge on any atom is -0.465 e. The lowest BCUT2D eigenvalue weighted by Gasteiger charge is -2.09. The maximum absolute atomic E-state index is 12.2. The van der Waals surface area contributed by atoms with Gasteiger partial charge in [-0.3, -0.25) is 4.79 Å². The van der Waals surface area contributed by atoms with Crippen molar-refractivity contribution in [3.63, 3.8) is 0 Å². The molecule has 1 N–H and O–H groups in total. The topological polar surface area (TPSA) is 81.4 Å². The summed E-state index contributed by atoms with van der Waals surface area (Å²) < 4.78 is 10.2. The molecule has 0 unspecified atom stereocenters. The highest BCUT2D eigenvalue weighted by atomic mass is 32.2. The molecule has 0 aliphatic rings. The number of nitrogens with one attached hydrogen (secondary N) is 1. The van der Waals surface area contributed by atoms with Gasteiger partial charge in [0.2, 0.25) is 11.8 Å². The minimum absolute atomic E-state index is 0.151. The van der Waals surface area contributed by atoms with E-state index < -0.39 is 5.97 Å². The van der Waals surface area contributed by atoms with Crippen LogP contribution in [-0.4, -0.2) is 29.7 Å².